The Hall–Kier alpha value is -3.54. The number of carbonyl (C=O) groups is 4. The van der Waals surface area contributed by atoms with Crippen molar-refractivity contribution in [2.24, 2.45) is 11.7 Å². The molecule has 1 aromatic rings. The Morgan fingerprint density at radius 3 is 1.86 bits per heavy atom. The molecule has 1 aromatic carbocycles. The SMILES string of the molecule is CCC(C)COC(=O)OC(C)CC(c1ccc(OC(=O)OC(C)(C)CC)c(OC(=O)OC(C)(C)CC)c1)[C@H](N)C(=O)O. The van der Waals surface area contributed by atoms with Gasteiger partial charge in [0, 0.05) is 5.92 Å². The molecule has 12 heteroatoms. The zero-order valence-corrected chi connectivity index (χ0v) is 26.2. The molecule has 1 rings (SSSR count). The summed E-state index contributed by atoms with van der Waals surface area (Å²) in [4.78, 5) is 49.2. The first-order chi connectivity index (χ1) is 19.4. The van der Waals surface area contributed by atoms with E-state index in [2.05, 4.69) is 0 Å². The van der Waals surface area contributed by atoms with Crippen molar-refractivity contribution in [3.8, 4) is 11.5 Å². The summed E-state index contributed by atoms with van der Waals surface area (Å²) in [5, 5.41) is 9.71. The highest BCUT2D eigenvalue weighted by molar-refractivity contribution is 5.75. The molecule has 0 amide bonds. The lowest BCUT2D eigenvalue weighted by atomic mass is 9.87. The summed E-state index contributed by atoms with van der Waals surface area (Å²) in [6.07, 6.45) is -1.93. The lowest BCUT2D eigenvalue weighted by Crippen LogP contribution is -2.38. The fraction of sp³-hybridized carbons (Fsp3) is 0.667. The van der Waals surface area contributed by atoms with Crippen LogP contribution >= 0.6 is 0 Å². The van der Waals surface area contributed by atoms with Crippen molar-refractivity contribution in [3.05, 3.63) is 23.8 Å². The number of benzene rings is 1. The molecule has 0 spiro atoms. The molecule has 238 valence electrons. The van der Waals surface area contributed by atoms with Crippen molar-refractivity contribution in [1.82, 2.24) is 0 Å². The van der Waals surface area contributed by atoms with Gasteiger partial charge in [-0.3, -0.25) is 4.79 Å². The topological polar surface area (TPSA) is 170 Å². The molecular weight excluding hydrogens is 550 g/mol. The number of aliphatic carboxylic acids is 1. The third-order valence-electron chi connectivity index (χ3n) is 6.99. The third kappa shape index (κ3) is 12.5. The Kier molecular flexibility index (Phi) is 14.1. The third-order valence-corrected chi connectivity index (χ3v) is 6.99. The lowest BCUT2D eigenvalue weighted by Gasteiger charge is -2.26. The van der Waals surface area contributed by atoms with Gasteiger partial charge in [-0.2, -0.15) is 0 Å². The molecule has 3 N–H and O–H groups in total. The summed E-state index contributed by atoms with van der Waals surface area (Å²) in [6.45, 7) is 16.1. The largest absolute Gasteiger partial charge is 0.514 e. The van der Waals surface area contributed by atoms with Crippen LogP contribution in [-0.2, 0) is 23.7 Å². The molecule has 42 heavy (non-hydrogen) atoms. The lowest BCUT2D eigenvalue weighted by molar-refractivity contribution is -0.139. The number of hydrogen-bond acceptors (Lipinski definition) is 11. The molecule has 0 saturated heterocycles. The molecule has 3 unspecified atom stereocenters. The average molecular weight is 598 g/mol. The maximum absolute atomic E-state index is 12.6. The normalized spacial score (nSPS) is 14.5. The predicted molar refractivity (Wildman–Crippen MR) is 154 cm³/mol. The molecule has 4 atom stereocenters. The number of nitrogens with two attached hydrogens (primary N) is 1. The van der Waals surface area contributed by atoms with Crippen LogP contribution in [-0.4, -0.2) is 59.5 Å². The van der Waals surface area contributed by atoms with Gasteiger partial charge in [0.15, 0.2) is 11.5 Å². The molecule has 0 aliphatic rings. The molecule has 0 aromatic heterocycles. The first kappa shape index (κ1) is 36.5. The smallest absolute Gasteiger partial charge is 0.480 e. The summed E-state index contributed by atoms with van der Waals surface area (Å²) >= 11 is 0. The number of carbonyl (C=O) groups excluding carboxylic acids is 3. The quantitative estimate of drug-likeness (QED) is 0.127. The van der Waals surface area contributed by atoms with Crippen molar-refractivity contribution in [2.75, 3.05) is 6.61 Å². The van der Waals surface area contributed by atoms with Gasteiger partial charge in [-0.1, -0.05) is 40.2 Å². The second-order valence-electron chi connectivity index (χ2n) is 11.6. The number of carboxylic acid groups (broad SMARTS) is 1. The van der Waals surface area contributed by atoms with Gasteiger partial charge in [-0.15, -0.1) is 0 Å². The standard InChI is InChI=1S/C30H47NO11/c1-10-18(4)17-37-26(34)38-19(5)15-21(24(31)25(32)33)20-13-14-22(39-27(35)41-29(6,7)11-2)23(16-20)40-28(36)42-30(8,9)12-3/h13-14,16,18-19,21,24H,10-12,15,17,31H2,1-9H3,(H,32,33)/t18?,19?,21?,24-/m0/s1. The van der Waals surface area contributed by atoms with E-state index in [0.29, 0.717) is 18.4 Å². The van der Waals surface area contributed by atoms with Crippen LogP contribution < -0.4 is 15.2 Å². The molecule has 0 aliphatic carbocycles. The predicted octanol–water partition coefficient (Wildman–Crippen LogP) is 6.57. The van der Waals surface area contributed by atoms with Crippen LogP contribution in [0.5, 0.6) is 11.5 Å². The van der Waals surface area contributed by atoms with Crippen LogP contribution in [0.1, 0.15) is 99.5 Å². The van der Waals surface area contributed by atoms with E-state index in [1.54, 1.807) is 34.6 Å². The maximum atomic E-state index is 12.6. The van der Waals surface area contributed by atoms with Crippen LogP contribution in [0.25, 0.3) is 0 Å². The minimum Gasteiger partial charge on any atom is -0.480 e. The maximum Gasteiger partial charge on any atom is 0.514 e. The van der Waals surface area contributed by atoms with Gasteiger partial charge in [0.25, 0.3) is 0 Å². The van der Waals surface area contributed by atoms with Crippen molar-refractivity contribution in [2.45, 2.75) is 117 Å². The van der Waals surface area contributed by atoms with Crippen LogP contribution in [0.3, 0.4) is 0 Å². The van der Waals surface area contributed by atoms with Crippen molar-refractivity contribution >= 4 is 24.4 Å². The van der Waals surface area contributed by atoms with Crippen molar-refractivity contribution in [1.29, 1.82) is 0 Å². The minimum atomic E-state index is -1.42. The summed E-state index contributed by atoms with van der Waals surface area (Å²) in [5.74, 6) is -2.45. The zero-order valence-electron chi connectivity index (χ0n) is 26.2. The summed E-state index contributed by atoms with van der Waals surface area (Å²) in [7, 11) is 0. The van der Waals surface area contributed by atoms with E-state index < -0.39 is 53.7 Å². The zero-order chi connectivity index (χ0) is 32.3. The van der Waals surface area contributed by atoms with Crippen LogP contribution in [0, 0.1) is 5.92 Å². The van der Waals surface area contributed by atoms with Gasteiger partial charge >= 0.3 is 24.4 Å². The first-order valence-electron chi connectivity index (χ1n) is 14.2. The Balaban J connectivity index is 3.36. The summed E-state index contributed by atoms with van der Waals surface area (Å²) in [5.41, 5.74) is 4.70. The van der Waals surface area contributed by atoms with E-state index in [1.165, 1.54) is 18.2 Å². The van der Waals surface area contributed by atoms with Gasteiger partial charge in [0.1, 0.15) is 23.3 Å². The van der Waals surface area contributed by atoms with Crippen LogP contribution in [0.2, 0.25) is 0 Å². The van der Waals surface area contributed by atoms with Crippen LogP contribution in [0.15, 0.2) is 18.2 Å². The Morgan fingerprint density at radius 2 is 1.38 bits per heavy atom. The molecular formula is C30H47NO11. The highest BCUT2D eigenvalue weighted by Crippen LogP contribution is 2.35. The second-order valence-corrected chi connectivity index (χ2v) is 11.6. The molecule has 0 aliphatic heterocycles. The summed E-state index contributed by atoms with van der Waals surface area (Å²) < 4.78 is 31.9. The van der Waals surface area contributed by atoms with E-state index in [4.69, 9.17) is 34.2 Å². The average Bonchev–Trinajstić information content (AvgIpc) is 2.90. The highest BCUT2D eigenvalue weighted by Gasteiger charge is 2.31. The molecule has 0 radical (unpaired) electrons. The Morgan fingerprint density at radius 1 is 0.857 bits per heavy atom. The highest BCUT2D eigenvalue weighted by atomic mass is 16.8. The van der Waals surface area contributed by atoms with Gasteiger partial charge in [0.05, 0.1) is 6.61 Å². The van der Waals surface area contributed by atoms with E-state index in [1.807, 2.05) is 27.7 Å². The molecule has 0 fully saturated rings. The van der Waals surface area contributed by atoms with E-state index in [0.717, 1.165) is 6.42 Å². The molecule has 0 bridgehead atoms. The Labute approximate surface area is 248 Å². The first-order valence-corrected chi connectivity index (χ1v) is 14.2. The van der Waals surface area contributed by atoms with Gasteiger partial charge < -0.3 is 39.3 Å². The van der Waals surface area contributed by atoms with Gasteiger partial charge in [-0.05, 0) is 77.5 Å². The molecule has 0 saturated carbocycles. The number of hydrogen-bond donors (Lipinski definition) is 2. The van der Waals surface area contributed by atoms with Gasteiger partial charge in [-0.25, -0.2) is 14.4 Å². The molecule has 12 nitrogen and oxygen atoms in total. The minimum absolute atomic E-state index is 0.00835. The van der Waals surface area contributed by atoms with Gasteiger partial charge in [0.2, 0.25) is 0 Å². The molecule has 0 heterocycles. The second kappa shape index (κ2) is 16.2. The monoisotopic (exact) mass is 597 g/mol. The van der Waals surface area contributed by atoms with E-state index in [9.17, 15) is 24.3 Å². The number of rotatable bonds is 15. The Bertz CT molecular complexity index is 1070. The fourth-order valence-electron chi connectivity index (χ4n) is 3.33. The van der Waals surface area contributed by atoms with Crippen molar-refractivity contribution in [3.63, 3.8) is 0 Å². The van der Waals surface area contributed by atoms with Crippen LogP contribution in [0.4, 0.5) is 14.4 Å². The van der Waals surface area contributed by atoms with Crippen molar-refractivity contribution < 1.29 is 52.7 Å². The summed E-state index contributed by atoms with van der Waals surface area (Å²) in [6, 6.07) is 2.71. The van der Waals surface area contributed by atoms with E-state index in [-0.39, 0.29) is 30.4 Å². The number of carboxylic acids is 1. The van der Waals surface area contributed by atoms with E-state index >= 15 is 0 Å². The fourth-order valence-corrected chi connectivity index (χ4v) is 3.33. The number of ether oxygens (including phenoxy) is 6.